The molecule has 3 rings (SSSR count). The molecule has 0 radical (unpaired) electrons. The van der Waals surface area contributed by atoms with E-state index in [4.69, 9.17) is 11.6 Å². The second kappa shape index (κ2) is 5.98. The number of hydrogen-bond donors (Lipinski definition) is 1. The third kappa shape index (κ3) is 2.84. The van der Waals surface area contributed by atoms with Crippen LogP contribution in [0.25, 0.3) is 0 Å². The van der Waals surface area contributed by atoms with Crippen LogP contribution in [0, 0.1) is 5.92 Å². The molecule has 2 aliphatic heterocycles. The molecule has 0 amide bonds. The summed E-state index contributed by atoms with van der Waals surface area (Å²) in [5.74, 6) is 0.269. The number of aliphatic imine (C=N–C) groups is 1. The van der Waals surface area contributed by atoms with Gasteiger partial charge in [0.2, 0.25) is 0 Å². The van der Waals surface area contributed by atoms with Gasteiger partial charge in [-0.2, -0.15) is 0 Å². The van der Waals surface area contributed by atoms with Crippen molar-refractivity contribution >= 4 is 17.3 Å². The van der Waals surface area contributed by atoms with Gasteiger partial charge in [0.1, 0.15) is 5.71 Å². The number of piperazine rings is 1. The molecular formula is C14H20ClF2N3. The lowest BCUT2D eigenvalue weighted by Crippen LogP contribution is -2.47. The van der Waals surface area contributed by atoms with Gasteiger partial charge in [-0.3, -0.25) is 4.99 Å². The molecular weight excluding hydrogens is 284 g/mol. The Hall–Kier alpha value is -0.680. The summed E-state index contributed by atoms with van der Waals surface area (Å²) in [6.07, 6.45) is 1.75. The van der Waals surface area contributed by atoms with Crippen molar-refractivity contribution in [1.82, 2.24) is 10.2 Å². The fourth-order valence-corrected chi connectivity index (χ4v) is 3.75. The Kier molecular flexibility index (Phi) is 4.26. The molecule has 0 aromatic rings. The van der Waals surface area contributed by atoms with Crippen LogP contribution in [0.15, 0.2) is 16.8 Å². The second-order valence-corrected chi connectivity index (χ2v) is 6.36. The number of nitrogens with zero attached hydrogens (tertiary/aromatic N) is 2. The first kappa shape index (κ1) is 14.3. The summed E-state index contributed by atoms with van der Waals surface area (Å²) in [6, 6.07) is -0.0647. The predicted molar refractivity (Wildman–Crippen MR) is 76.7 cm³/mol. The van der Waals surface area contributed by atoms with Crippen molar-refractivity contribution in [2.24, 2.45) is 10.9 Å². The fraction of sp³-hybridized carbons (Fsp3) is 0.786. The third-order valence-corrected chi connectivity index (χ3v) is 4.85. The van der Waals surface area contributed by atoms with E-state index in [2.05, 4.69) is 15.2 Å². The van der Waals surface area contributed by atoms with Gasteiger partial charge in [0, 0.05) is 43.2 Å². The summed E-state index contributed by atoms with van der Waals surface area (Å²) >= 11 is 6.20. The number of dihydropyridines is 1. The molecule has 3 aliphatic rings. The van der Waals surface area contributed by atoms with Gasteiger partial charge in [-0.05, 0) is 25.3 Å². The minimum Gasteiger partial charge on any atom is -0.372 e. The molecule has 0 aromatic carbocycles. The smallest absolute Gasteiger partial charge is 0.280 e. The Morgan fingerprint density at radius 3 is 2.75 bits per heavy atom. The van der Waals surface area contributed by atoms with Crippen molar-refractivity contribution in [3.05, 3.63) is 11.8 Å². The maximum atomic E-state index is 13.1. The minimum absolute atomic E-state index is 0.0643. The number of hydrogen-bond acceptors (Lipinski definition) is 3. The zero-order chi connectivity index (χ0) is 14.1. The molecule has 20 heavy (non-hydrogen) atoms. The first-order chi connectivity index (χ1) is 9.65. The normalized spacial score (nSPS) is 34.6. The van der Waals surface area contributed by atoms with Crippen molar-refractivity contribution in [3.8, 4) is 0 Å². The van der Waals surface area contributed by atoms with E-state index in [0.717, 1.165) is 44.7 Å². The highest BCUT2D eigenvalue weighted by Crippen LogP contribution is 2.38. The third-order valence-electron chi connectivity index (χ3n) is 4.45. The number of fused-ring (bicyclic) bond motifs is 1. The van der Waals surface area contributed by atoms with Gasteiger partial charge < -0.3 is 10.2 Å². The standard InChI is InChI=1S/C14H20ClF2N3/c15-9-1-2-10-11(7-9)19-12(14(16)17)8-13(10)20-5-3-18-4-6-20/h8-11,14,18H,1-7H2. The average Bonchev–Trinajstić information content (AvgIpc) is 2.46. The van der Waals surface area contributed by atoms with Crippen LogP contribution in [-0.2, 0) is 0 Å². The van der Waals surface area contributed by atoms with E-state index in [1.807, 2.05) is 0 Å². The van der Waals surface area contributed by atoms with Gasteiger partial charge in [0.25, 0.3) is 6.43 Å². The van der Waals surface area contributed by atoms with Crippen molar-refractivity contribution in [1.29, 1.82) is 0 Å². The molecule has 3 nitrogen and oxygen atoms in total. The molecule has 6 heteroatoms. The van der Waals surface area contributed by atoms with E-state index in [1.54, 1.807) is 6.08 Å². The summed E-state index contributed by atoms with van der Waals surface area (Å²) in [5.41, 5.74) is 0.996. The topological polar surface area (TPSA) is 27.6 Å². The Balaban J connectivity index is 1.86. The van der Waals surface area contributed by atoms with Gasteiger partial charge in [-0.25, -0.2) is 8.78 Å². The van der Waals surface area contributed by atoms with Crippen molar-refractivity contribution < 1.29 is 8.78 Å². The summed E-state index contributed by atoms with van der Waals surface area (Å²) in [6.45, 7) is 3.59. The number of halogens is 3. The average molecular weight is 304 g/mol. The Labute approximate surface area is 123 Å². The lowest BCUT2D eigenvalue weighted by atomic mass is 9.79. The van der Waals surface area contributed by atoms with Crippen LogP contribution in [0.3, 0.4) is 0 Å². The molecule has 2 fully saturated rings. The van der Waals surface area contributed by atoms with Gasteiger partial charge >= 0.3 is 0 Å². The Bertz CT molecular complexity index is 419. The molecule has 1 saturated carbocycles. The Morgan fingerprint density at radius 1 is 1.30 bits per heavy atom. The molecule has 112 valence electrons. The highest BCUT2D eigenvalue weighted by molar-refractivity contribution is 6.20. The molecule has 1 aliphatic carbocycles. The van der Waals surface area contributed by atoms with Crippen LogP contribution in [0.2, 0.25) is 0 Å². The molecule has 0 bridgehead atoms. The highest BCUT2D eigenvalue weighted by atomic mass is 35.5. The molecule has 0 spiro atoms. The van der Waals surface area contributed by atoms with Crippen LogP contribution in [-0.4, -0.2) is 54.6 Å². The summed E-state index contributed by atoms with van der Waals surface area (Å²) in [5, 5.41) is 3.37. The maximum absolute atomic E-state index is 13.1. The van der Waals surface area contributed by atoms with Crippen molar-refractivity contribution in [3.63, 3.8) is 0 Å². The SMILES string of the molecule is FC(F)C1=NC2CC(Cl)CCC2C(N2CCNCC2)=C1. The molecule has 3 atom stereocenters. The molecule has 1 N–H and O–H groups in total. The summed E-state index contributed by atoms with van der Waals surface area (Å²) in [7, 11) is 0. The molecule has 0 aromatic heterocycles. The fourth-order valence-electron chi connectivity index (χ4n) is 3.44. The highest BCUT2D eigenvalue weighted by Gasteiger charge is 2.37. The zero-order valence-electron chi connectivity index (χ0n) is 11.4. The first-order valence-electron chi connectivity index (χ1n) is 7.32. The summed E-state index contributed by atoms with van der Waals surface area (Å²) in [4.78, 5) is 6.51. The van der Waals surface area contributed by atoms with Crippen LogP contribution in [0.1, 0.15) is 19.3 Å². The van der Waals surface area contributed by atoms with E-state index in [1.165, 1.54) is 0 Å². The molecule has 2 heterocycles. The Morgan fingerprint density at radius 2 is 2.05 bits per heavy atom. The molecule has 1 saturated heterocycles. The van der Waals surface area contributed by atoms with E-state index < -0.39 is 6.43 Å². The van der Waals surface area contributed by atoms with Gasteiger partial charge in [-0.1, -0.05) is 0 Å². The number of alkyl halides is 3. The van der Waals surface area contributed by atoms with E-state index in [-0.39, 0.29) is 23.0 Å². The van der Waals surface area contributed by atoms with E-state index in [0.29, 0.717) is 6.42 Å². The van der Waals surface area contributed by atoms with Crippen LogP contribution in [0.4, 0.5) is 8.78 Å². The quantitative estimate of drug-likeness (QED) is 0.793. The monoisotopic (exact) mass is 303 g/mol. The van der Waals surface area contributed by atoms with Gasteiger partial charge in [-0.15, -0.1) is 11.6 Å². The van der Waals surface area contributed by atoms with Crippen LogP contribution >= 0.6 is 11.6 Å². The number of nitrogens with one attached hydrogen (secondary N) is 1. The number of allylic oxidation sites excluding steroid dienone is 1. The van der Waals surface area contributed by atoms with Gasteiger partial charge in [0.15, 0.2) is 0 Å². The summed E-state index contributed by atoms with van der Waals surface area (Å²) < 4.78 is 26.2. The second-order valence-electron chi connectivity index (χ2n) is 5.75. The lowest BCUT2D eigenvalue weighted by molar-refractivity contribution is 0.209. The van der Waals surface area contributed by atoms with Crippen LogP contribution in [0.5, 0.6) is 0 Å². The van der Waals surface area contributed by atoms with Crippen molar-refractivity contribution in [2.75, 3.05) is 26.2 Å². The minimum atomic E-state index is -2.50. The first-order valence-corrected chi connectivity index (χ1v) is 7.76. The van der Waals surface area contributed by atoms with E-state index in [9.17, 15) is 8.78 Å². The van der Waals surface area contributed by atoms with Gasteiger partial charge in [0.05, 0.1) is 6.04 Å². The predicted octanol–water partition coefficient (Wildman–Crippen LogP) is 2.27. The zero-order valence-corrected chi connectivity index (χ0v) is 12.1. The van der Waals surface area contributed by atoms with E-state index >= 15 is 0 Å². The van der Waals surface area contributed by atoms with Crippen molar-refractivity contribution in [2.45, 2.75) is 37.1 Å². The maximum Gasteiger partial charge on any atom is 0.280 e. The molecule has 3 unspecified atom stereocenters. The largest absolute Gasteiger partial charge is 0.372 e. The lowest BCUT2D eigenvalue weighted by Gasteiger charge is -2.42. The number of rotatable bonds is 2. The van der Waals surface area contributed by atoms with Crippen LogP contribution < -0.4 is 5.32 Å².